The molecule has 0 bridgehead atoms. The first-order valence-corrected chi connectivity index (χ1v) is 6.43. The minimum Gasteiger partial charge on any atom is -0.381 e. The third kappa shape index (κ3) is 2.98. The Morgan fingerprint density at radius 3 is 2.78 bits per heavy atom. The van der Waals surface area contributed by atoms with Gasteiger partial charge in [0.05, 0.1) is 6.61 Å². The molecule has 3 heteroatoms. The number of methoxy groups -OCH3 is 1. The monoisotopic (exact) mass is 248 g/mol. The lowest BCUT2D eigenvalue weighted by Crippen LogP contribution is -2.23. The van der Waals surface area contributed by atoms with Crippen LogP contribution in [0.15, 0.2) is 18.2 Å². The van der Waals surface area contributed by atoms with Crippen LogP contribution in [-0.4, -0.2) is 26.1 Å². The van der Waals surface area contributed by atoms with Crippen molar-refractivity contribution in [2.24, 2.45) is 5.92 Å². The Labute approximate surface area is 108 Å². The quantitative estimate of drug-likeness (QED) is 0.769. The van der Waals surface area contributed by atoms with Gasteiger partial charge in [0.1, 0.15) is 0 Å². The molecule has 0 saturated carbocycles. The van der Waals surface area contributed by atoms with Gasteiger partial charge < -0.3 is 9.47 Å². The largest absolute Gasteiger partial charge is 0.381 e. The van der Waals surface area contributed by atoms with E-state index in [4.69, 9.17) is 9.47 Å². The van der Waals surface area contributed by atoms with E-state index in [9.17, 15) is 4.79 Å². The number of carbonyl (C=O) groups is 1. The number of benzene rings is 1. The van der Waals surface area contributed by atoms with Crippen molar-refractivity contribution in [3.05, 3.63) is 34.9 Å². The molecule has 0 spiro atoms. The highest BCUT2D eigenvalue weighted by atomic mass is 16.5. The fourth-order valence-corrected chi connectivity index (χ4v) is 2.33. The first kappa shape index (κ1) is 13.2. The Hall–Kier alpha value is -1.19. The highest BCUT2D eigenvalue weighted by Crippen LogP contribution is 2.22. The molecule has 1 aromatic carbocycles. The standard InChI is InChI=1S/C15H20O3/c1-11-3-4-13(9-14(11)10-17-2)15(16)12-5-7-18-8-6-12/h3-4,9,12H,5-8,10H2,1-2H3. The van der Waals surface area contributed by atoms with Gasteiger partial charge in [-0.25, -0.2) is 0 Å². The zero-order valence-electron chi connectivity index (χ0n) is 11.1. The fourth-order valence-electron chi connectivity index (χ4n) is 2.33. The molecule has 0 amide bonds. The number of Topliss-reactive ketones (excluding diaryl/α,β-unsaturated/α-hetero) is 1. The molecule has 1 heterocycles. The molecule has 2 rings (SSSR count). The van der Waals surface area contributed by atoms with Gasteiger partial charge in [0.2, 0.25) is 0 Å². The molecule has 0 N–H and O–H groups in total. The number of ketones is 1. The molecule has 1 aliphatic heterocycles. The highest BCUT2D eigenvalue weighted by molar-refractivity contribution is 5.98. The summed E-state index contributed by atoms with van der Waals surface area (Å²) in [5.41, 5.74) is 3.07. The molecule has 1 fully saturated rings. The van der Waals surface area contributed by atoms with E-state index in [0.717, 1.165) is 24.0 Å². The predicted molar refractivity (Wildman–Crippen MR) is 69.8 cm³/mol. The van der Waals surface area contributed by atoms with E-state index in [1.165, 1.54) is 5.56 Å². The third-order valence-electron chi connectivity index (χ3n) is 3.53. The van der Waals surface area contributed by atoms with E-state index in [2.05, 4.69) is 0 Å². The summed E-state index contributed by atoms with van der Waals surface area (Å²) in [4.78, 5) is 12.4. The molecule has 0 aliphatic carbocycles. The number of aryl methyl sites for hydroxylation is 1. The lowest BCUT2D eigenvalue weighted by atomic mass is 9.90. The van der Waals surface area contributed by atoms with Crippen molar-refractivity contribution >= 4 is 5.78 Å². The molecule has 1 saturated heterocycles. The Morgan fingerprint density at radius 1 is 1.39 bits per heavy atom. The maximum atomic E-state index is 12.4. The molecule has 0 aromatic heterocycles. The summed E-state index contributed by atoms with van der Waals surface area (Å²) in [6.45, 7) is 4.00. The molecule has 18 heavy (non-hydrogen) atoms. The van der Waals surface area contributed by atoms with Crippen LogP contribution < -0.4 is 0 Å². The summed E-state index contributed by atoms with van der Waals surface area (Å²) in [7, 11) is 1.67. The van der Waals surface area contributed by atoms with E-state index >= 15 is 0 Å². The van der Waals surface area contributed by atoms with Gasteiger partial charge in [-0.05, 0) is 37.0 Å². The van der Waals surface area contributed by atoms with E-state index < -0.39 is 0 Å². The zero-order valence-corrected chi connectivity index (χ0v) is 11.1. The number of ether oxygens (including phenoxy) is 2. The van der Waals surface area contributed by atoms with Crippen LogP contribution in [0.4, 0.5) is 0 Å². The summed E-state index contributed by atoms with van der Waals surface area (Å²) in [5.74, 6) is 0.368. The van der Waals surface area contributed by atoms with E-state index in [1.807, 2.05) is 25.1 Å². The normalized spacial score (nSPS) is 16.8. The first-order chi connectivity index (χ1) is 8.72. The van der Waals surface area contributed by atoms with Crippen molar-refractivity contribution in [1.82, 2.24) is 0 Å². The highest BCUT2D eigenvalue weighted by Gasteiger charge is 2.23. The second-order valence-electron chi connectivity index (χ2n) is 4.83. The predicted octanol–water partition coefficient (Wildman–Crippen LogP) is 2.75. The second-order valence-corrected chi connectivity index (χ2v) is 4.83. The fraction of sp³-hybridized carbons (Fsp3) is 0.533. The lowest BCUT2D eigenvalue weighted by molar-refractivity contribution is 0.0544. The average Bonchev–Trinajstić information content (AvgIpc) is 2.42. The van der Waals surface area contributed by atoms with Gasteiger partial charge in [0.25, 0.3) is 0 Å². The smallest absolute Gasteiger partial charge is 0.166 e. The minimum absolute atomic E-state index is 0.122. The molecular weight excluding hydrogens is 228 g/mol. The molecule has 3 nitrogen and oxygen atoms in total. The van der Waals surface area contributed by atoms with E-state index in [0.29, 0.717) is 19.8 Å². The van der Waals surface area contributed by atoms with Crippen molar-refractivity contribution in [2.75, 3.05) is 20.3 Å². The van der Waals surface area contributed by atoms with Crippen LogP contribution in [-0.2, 0) is 16.1 Å². The van der Waals surface area contributed by atoms with E-state index in [-0.39, 0.29) is 11.7 Å². The van der Waals surface area contributed by atoms with Crippen molar-refractivity contribution in [2.45, 2.75) is 26.4 Å². The van der Waals surface area contributed by atoms with Crippen LogP contribution in [0.5, 0.6) is 0 Å². The van der Waals surface area contributed by atoms with Crippen molar-refractivity contribution in [3.63, 3.8) is 0 Å². The second kappa shape index (κ2) is 6.12. The van der Waals surface area contributed by atoms with Crippen molar-refractivity contribution in [3.8, 4) is 0 Å². The number of carbonyl (C=O) groups excluding carboxylic acids is 1. The number of hydrogen-bond donors (Lipinski definition) is 0. The van der Waals surface area contributed by atoms with Crippen LogP contribution in [0.3, 0.4) is 0 Å². The van der Waals surface area contributed by atoms with Crippen LogP contribution in [0.1, 0.15) is 34.3 Å². The van der Waals surface area contributed by atoms with Crippen LogP contribution in [0.2, 0.25) is 0 Å². The number of hydrogen-bond acceptors (Lipinski definition) is 3. The average molecular weight is 248 g/mol. The van der Waals surface area contributed by atoms with Gasteiger partial charge in [0.15, 0.2) is 5.78 Å². The van der Waals surface area contributed by atoms with E-state index in [1.54, 1.807) is 7.11 Å². The first-order valence-electron chi connectivity index (χ1n) is 6.43. The molecule has 0 radical (unpaired) electrons. The third-order valence-corrected chi connectivity index (χ3v) is 3.53. The lowest BCUT2D eigenvalue weighted by Gasteiger charge is -2.21. The van der Waals surface area contributed by atoms with Crippen LogP contribution in [0, 0.1) is 12.8 Å². The minimum atomic E-state index is 0.122. The Kier molecular flexibility index (Phi) is 4.50. The van der Waals surface area contributed by atoms with Crippen molar-refractivity contribution < 1.29 is 14.3 Å². The summed E-state index contributed by atoms with van der Waals surface area (Å²) in [5, 5.41) is 0. The Bertz CT molecular complexity index is 420. The summed E-state index contributed by atoms with van der Waals surface area (Å²) < 4.78 is 10.5. The maximum absolute atomic E-state index is 12.4. The molecule has 0 atom stereocenters. The summed E-state index contributed by atoms with van der Waals surface area (Å²) >= 11 is 0. The van der Waals surface area contributed by atoms with Gasteiger partial charge in [0, 0.05) is 31.8 Å². The van der Waals surface area contributed by atoms with Crippen LogP contribution >= 0.6 is 0 Å². The van der Waals surface area contributed by atoms with Gasteiger partial charge in [-0.3, -0.25) is 4.79 Å². The molecule has 0 unspecified atom stereocenters. The maximum Gasteiger partial charge on any atom is 0.166 e. The summed E-state index contributed by atoms with van der Waals surface area (Å²) in [6.07, 6.45) is 1.68. The topological polar surface area (TPSA) is 35.5 Å². The SMILES string of the molecule is COCc1cc(C(=O)C2CCOCC2)ccc1C. The number of rotatable bonds is 4. The molecular formula is C15H20O3. The van der Waals surface area contributed by atoms with Gasteiger partial charge in [-0.15, -0.1) is 0 Å². The molecule has 1 aromatic rings. The molecule has 1 aliphatic rings. The van der Waals surface area contributed by atoms with Crippen LogP contribution in [0.25, 0.3) is 0 Å². The van der Waals surface area contributed by atoms with Crippen molar-refractivity contribution in [1.29, 1.82) is 0 Å². The zero-order chi connectivity index (χ0) is 13.0. The Morgan fingerprint density at radius 2 is 2.11 bits per heavy atom. The summed E-state index contributed by atoms with van der Waals surface area (Å²) in [6, 6.07) is 5.89. The Balaban J connectivity index is 2.16. The van der Waals surface area contributed by atoms with Gasteiger partial charge in [-0.2, -0.15) is 0 Å². The van der Waals surface area contributed by atoms with Gasteiger partial charge >= 0.3 is 0 Å². The molecule has 98 valence electrons. The van der Waals surface area contributed by atoms with Gasteiger partial charge in [-0.1, -0.05) is 12.1 Å².